The normalized spacial score (nSPS) is 21.6. The lowest BCUT2D eigenvalue weighted by Crippen LogP contribution is -2.48. The van der Waals surface area contributed by atoms with Gasteiger partial charge in [-0.05, 0) is 31.9 Å². The van der Waals surface area contributed by atoms with Crippen LogP contribution in [0, 0.1) is 0 Å². The van der Waals surface area contributed by atoms with Crippen LogP contribution < -0.4 is 15.8 Å². The van der Waals surface area contributed by atoms with Gasteiger partial charge in [0.15, 0.2) is 0 Å². The van der Waals surface area contributed by atoms with Gasteiger partial charge < -0.3 is 20.5 Å². The Morgan fingerprint density at radius 1 is 1.47 bits per heavy atom. The van der Waals surface area contributed by atoms with E-state index in [1.807, 2.05) is 6.92 Å². The number of benzene rings is 1. The number of rotatable bonds is 5. The SMILES string of the molecule is CCOC1CC(NC(=O)c2c(N)cccc2OC)C1. The average molecular weight is 264 g/mol. The van der Waals surface area contributed by atoms with Crippen molar-refractivity contribution in [3.05, 3.63) is 23.8 Å². The molecule has 0 saturated heterocycles. The summed E-state index contributed by atoms with van der Waals surface area (Å²) in [6.07, 6.45) is 1.98. The maximum Gasteiger partial charge on any atom is 0.257 e. The molecule has 1 aliphatic carbocycles. The Morgan fingerprint density at radius 3 is 2.84 bits per heavy atom. The van der Waals surface area contributed by atoms with E-state index < -0.39 is 0 Å². The standard InChI is InChI=1S/C14H20N2O3/c1-3-19-10-7-9(8-10)16-14(17)13-11(15)5-4-6-12(13)18-2/h4-6,9-10H,3,7-8,15H2,1-2H3,(H,16,17). The summed E-state index contributed by atoms with van der Waals surface area (Å²) in [6.45, 7) is 2.69. The fourth-order valence-corrected chi connectivity index (χ4v) is 2.27. The van der Waals surface area contributed by atoms with Crippen LogP contribution in [0.5, 0.6) is 5.75 Å². The number of carbonyl (C=O) groups excluding carboxylic acids is 1. The number of nitrogens with one attached hydrogen (secondary N) is 1. The predicted octanol–water partition coefficient (Wildman–Crippen LogP) is 1.57. The molecule has 1 aromatic carbocycles. The second-order valence-electron chi connectivity index (χ2n) is 4.64. The van der Waals surface area contributed by atoms with Gasteiger partial charge in [-0.1, -0.05) is 6.07 Å². The van der Waals surface area contributed by atoms with Crippen molar-refractivity contribution in [3.8, 4) is 5.75 Å². The lowest BCUT2D eigenvalue weighted by atomic mass is 9.89. The first kappa shape index (κ1) is 13.7. The van der Waals surface area contributed by atoms with E-state index in [1.54, 1.807) is 18.2 Å². The van der Waals surface area contributed by atoms with E-state index in [-0.39, 0.29) is 18.1 Å². The first-order chi connectivity index (χ1) is 9.15. The fraction of sp³-hybridized carbons (Fsp3) is 0.500. The van der Waals surface area contributed by atoms with Crippen LogP contribution in [0.1, 0.15) is 30.1 Å². The number of carbonyl (C=O) groups is 1. The average Bonchev–Trinajstić information content (AvgIpc) is 2.35. The number of hydrogen-bond donors (Lipinski definition) is 2. The zero-order valence-corrected chi connectivity index (χ0v) is 11.3. The van der Waals surface area contributed by atoms with E-state index in [1.165, 1.54) is 7.11 Å². The third-order valence-corrected chi connectivity index (χ3v) is 3.34. The molecule has 19 heavy (non-hydrogen) atoms. The maximum absolute atomic E-state index is 12.2. The molecule has 0 aromatic heterocycles. The quantitative estimate of drug-likeness (QED) is 0.792. The number of amides is 1. The molecule has 0 aliphatic heterocycles. The van der Waals surface area contributed by atoms with Crippen LogP contribution >= 0.6 is 0 Å². The molecule has 0 heterocycles. The Labute approximate surface area is 113 Å². The molecule has 5 heteroatoms. The third-order valence-electron chi connectivity index (χ3n) is 3.34. The van der Waals surface area contributed by atoms with Crippen molar-refractivity contribution in [3.63, 3.8) is 0 Å². The largest absolute Gasteiger partial charge is 0.496 e. The number of methoxy groups -OCH3 is 1. The Kier molecular flexibility index (Phi) is 4.27. The molecular weight excluding hydrogens is 244 g/mol. The van der Waals surface area contributed by atoms with Gasteiger partial charge in [0.25, 0.3) is 5.91 Å². The first-order valence-corrected chi connectivity index (χ1v) is 6.50. The highest BCUT2D eigenvalue weighted by Gasteiger charge is 2.31. The Hall–Kier alpha value is -1.75. The number of anilines is 1. The number of hydrogen-bond acceptors (Lipinski definition) is 4. The lowest BCUT2D eigenvalue weighted by molar-refractivity contribution is -0.00863. The molecule has 1 fully saturated rings. The zero-order valence-electron chi connectivity index (χ0n) is 11.3. The van der Waals surface area contributed by atoms with Crippen molar-refractivity contribution >= 4 is 11.6 Å². The van der Waals surface area contributed by atoms with Gasteiger partial charge in [0, 0.05) is 18.3 Å². The molecule has 0 atom stereocenters. The number of nitrogens with two attached hydrogens (primary N) is 1. The van der Waals surface area contributed by atoms with Crippen molar-refractivity contribution < 1.29 is 14.3 Å². The summed E-state index contributed by atoms with van der Waals surface area (Å²) in [4.78, 5) is 12.2. The van der Waals surface area contributed by atoms with Crippen molar-refractivity contribution in [1.82, 2.24) is 5.32 Å². The molecule has 3 N–H and O–H groups in total. The Bertz CT molecular complexity index is 456. The number of nitrogen functional groups attached to an aromatic ring is 1. The molecule has 0 spiro atoms. The van der Waals surface area contributed by atoms with Crippen LogP contribution in [0.3, 0.4) is 0 Å². The summed E-state index contributed by atoms with van der Waals surface area (Å²) < 4.78 is 10.6. The molecule has 2 rings (SSSR count). The van der Waals surface area contributed by atoms with Crippen LogP contribution in [0.4, 0.5) is 5.69 Å². The minimum absolute atomic E-state index is 0.161. The summed E-state index contributed by atoms with van der Waals surface area (Å²) >= 11 is 0. The lowest BCUT2D eigenvalue weighted by Gasteiger charge is -2.35. The van der Waals surface area contributed by atoms with Crippen molar-refractivity contribution in [2.75, 3.05) is 19.5 Å². The Balaban J connectivity index is 1.98. The van der Waals surface area contributed by atoms with Crippen molar-refractivity contribution in [1.29, 1.82) is 0 Å². The fourth-order valence-electron chi connectivity index (χ4n) is 2.27. The van der Waals surface area contributed by atoms with E-state index in [4.69, 9.17) is 15.2 Å². The second-order valence-corrected chi connectivity index (χ2v) is 4.64. The minimum Gasteiger partial charge on any atom is -0.496 e. The van der Waals surface area contributed by atoms with Crippen LogP contribution in [-0.2, 0) is 4.74 Å². The highest BCUT2D eigenvalue weighted by atomic mass is 16.5. The molecule has 1 aliphatic rings. The Morgan fingerprint density at radius 2 is 2.21 bits per heavy atom. The van der Waals surface area contributed by atoms with Gasteiger partial charge in [0.05, 0.1) is 13.2 Å². The van der Waals surface area contributed by atoms with Crippen molar-refractivity contribution in [2.24, 2.45) is 0 Å². The smallest absolute Gasteiger partial charge is 0.257 e. The van der Waals surface area contributed by atoms with E-state index in [2.05, 4.69) is 5.32 Å². The summed E-state index contributed by atoms with van der Waals surface area (Å²) in [6, 6.07) is 5.35. The molecule has 5 nitrogen and oxygen atoms in total. The summed E-state index contributed by atoms with van der Waals surface area (Å²) in [5.74, 6) is 0.313. The van der Waals surface area contributed by atoms with E-state index >= 15 is 0 Å². The van der Waals surface area contributed by atoms with Gasteiger partial charge in [-0.2, -0.15) is 0 Å². The van der Waals surface area contributed by atoms with Gasteiger partial charge in [0.1, 0.15) is 11.3 Å². The predicted molar refractivity (Wildman–Crippen MR) is 73.3 cm³/mol. The maximum atomic E-state index is 12.2. The summed E-state index contributed by atoms with van der Waals surface area (Å²) in [5.41, 5.74) is 6.68. The van der Waals surface area contributed by atoms with Crippen molar-refractivity contribution in [2.45, 2.75) is 31.9 Å². The van der Waals surface area contributed by atoms with Crippen LogP contribution in [0.2, 0.25) is 0 Å². The van der Waals surface area contributed by atoms with Gasteiger partial charge in [-0.25, -0.2) is 0 Å². The second kappa shape index (κ2) is 5.93. The van der Waals surface area contributed by atoms with Gasteiger partial charge in [-0.3, -0.25) is 4.79 Å². The van der Waals surface area contributed by atoms with Crippen LogP contribution in [-0.4, -0.2) is 31.8 Å². The van der Waals surface area contributed by atoms with Gasteiger partial charge in [0.2, 0.25) is 0 Å². The van der Waals surface area contributed by atoms with E-state index in [0.29, 0.717) is 23.6 Å². The highest BCUT2D eigenvalue weighted by molar-refractivity contribution is 6.02. The molecule has 1 aromatic rings. The van der Waals surface area contributed by atoms with Crippen LogP contribution in [0.15, 0.2) is 18.2 Å². The molecular formula is C14H20N2O3. The molecule has 0 radical (unpaired) electrons. The minimum atomic E-state index is -0.185. The molecule has 1 saturated carbocycles. The molecule has 104 valence electrons. The topological polar surface area (TPSA) is 73.6 Å². The first-order valence-electron chi connectivity index (χ1n) is 6.50. The summed E-state index contributed by atoms with van der Waals surface area (Å²) in [7, 11) is 1.53. The van der Waals surface area contributed by atoms with E-state index in [0.717, 1.165) is 12.8 Å². The molecule has 1 amide bonds. The highest BCUT2D eigenvalue weighted by Crippen LogP contribution is 2.27. The summed E-state index contributed by atoms with van der Waals surface area (Å²) in [5, 5.41) is 2.96. The zero-order chi connectivity index (χ0) is 13.8. The van der Waals surface area contributed by atoms with Gasteiger partial charge in [-0.15, -0.1) is 0 Å². The van der Waals surface area contributed by atoms with Crippen LogP contribution in [0.25, 0.3) is 0 Å². The molecule has 0 unspecified atom stereocenters. The molecule has 0 bridgehead atoms. The van der Waals surface area contributed by atoms with Gasteiger partial charge >= 0.3 is 0 Å². The monoisotopic (exact) mass is 264 g/mol. The number of ether oxygens (including phenoxy) is 2. The third kappa shape index (κ3) is 2.98. The van der Waals surface area contributed by atoms with E-state index in [9.17, 15) is 4.79 Å².